The summed E-state index contributed by atoms with van der Waals surface area (Å²) in [4.78, 5) is 34.5. The molecule has 1 saturated heterocycles. The molecule has 1 amide bonds. The molecular formula is C22H25N5O2. The van der Waals surface area contributed by atoms with Crippen molar-refractivity contribution >= 4 is 16.7 Å². The number of amides is 1. The lowest BCUT2D eigenvalue weighted by Gasteiger charge is -2.34. The molecule has 0 aliphatic carbocycles. The van der Waals surface area contributed by atoms with Crippen LogP contribution < -0.4 is 5.56 Å². The molecule has 1 aromatic carbocycles. The number of carbonyl (C=O) groups excluding carboxylic acids is 1. The fraction of sp³-hybridized carbons (Fsp3) is 0.364. The van der Waals surface area contributed by atoms with Gasteiger partial charge in [-0.2, -0.15) is 5.10 Å². The quantitative estimate of drug-likeness (QED) is 0.683. The Morgan fingerprint density at radius 1 is 1.00 bits per heavy atom. The van der Waals surface area contributed by atoms with Crippen molar-refractivity contribution in [2.45, 2.75) is 26.4 Å². The third kappa shape index (κ3) is 3.91. The van der Waals surface area contributed by atoms with Gasteiger partial charge in [0.2, 0.25) is 0 Å². The van der Waals surface area contributed by atoms with Gasteiger partial charge in [-0.1, -0.05) is 24.3 Å². The van der Waals surface area contributed by atoms with Gasteiger partial charge in [-0.15, -0.1) is 0 Å². The number of benzene rings is 1. The second-order valence-corrected chi connectivity index (χ2v) is 7.63. The minimum Gasteiger partial charge on any atom is -0.335 e. The normalized spacial score (nSPS) is 15.2. The summed E-state index contributed by atoms with van der Waals surface area (Å²) in [5.41, 5.74) is 1.23. The molecule has 0 saturated carbocycles. The minimum absolute atomic E-state index is 0.117. The summed E-state index contributed by atoms with van der Waals surface area (Å²) < 4.78 is 1.41. The van der Waals surface area contributed by atoms with Gasteiger partial charge in [-0.05, 0) is 32.0 Å². The zero-order valence-electron chi connectivity index (χ0n) is 16.8. The van der Waals surface area contributed by atoms with Crippen LogP contribution in [0, 0.1) is 0 Å². The highest BCUT2D eigenvalue weighted by molar-refractivity contribution is 6.04. The van der Waals surface area contributed by atoms with E-state index in [0.717, 1.165) is 25.3 Å². The van der Waals surface area contributed by atoms with Gasteiger partial charge in [-0.3, -0.25) is 19.5 Å². The smallest absolute Gasteiger partial charge is 0.275 e. The third-order valence-electron chi connectivity index (χ3n) is 5.29. The van der Waals surface area contributed by atoms with Crippen LogP contribution in [0.15, 0.2) is 53.5 Å². The highest BCUT2D eigenvalue weighted by Crippen LogP contribution is 2.18. The molecule has 0 spiro atoms. The Morgan fingerprint density at radius 3 is 2.34 bits per heavy atom. The van der Waals surface area contributed by atoms with Crippen LogP contribution in [0.5, 0.6) is 0 Å². The van der Waals surface area contributed by atoms with E-state index in [1.165, 1.54) is 4.68 Å². The number of rotatable bonds is 4. The monoisotopic (exact) mass is 391 g/mol. The van der Waals surface area contributed by atoms with Gasteiger partial charge in [0.15, 0.2) is 5.69 Å². The first-order chi connectivity index (χ1) is 14.0. The molecule has 1 aliphatic heterocycles. The summed E-state index contributed by atoms with van der Waals surface area (Å²) >= 11 is 0. The number of carbonyl (C=O) groups is 1. The van der Waals surface area contributed by atoms with Crippen molar-refractivity contribution in [3.05, 3.63) is 70.4 Å². The van der Waals surface area contributed by atoms with E-state index in [1.807, 2.05) is 49.1 Å². The van der Waals surface area contributed by atoms with Crippen molar-refractivity contribution in [2.24, 2.45) is 0 Å². The van der Waals surface area contributed by atoms with E-state index in [0.29, 0.717) is 29.6 Å². The maximum Gasteiger partial charge on any atom is 0.275 e. The Kier molecular flexibility index (Phi) is 5.40. The highest BCUT2D eigenvalue weighted by atomic mass is 16.2. The second kappa shape index (κ2) is 8.13. The van der Waals surface area contributed by atoms with Crippen LogP contribution in [0.4, 0.5) is 0 Å². The summed E-state index contributed by atoms with van der Waals surface area (Å²) in [7, 11) is 0. The molecule has 0 unspecified atom stereocenters. The summed E-state index contributed by atoms with van der Waals surface area (Å²) in [6.45, 7) is 7.39. The number of hydrogen-bond donors (Lipinski definition) is 0. The van der Waals surface area contributed by atoms with E-state index in [9.17, 15) is 9.59 Å². The molecule has 1 fully saturated rings. The van der Waals surface area contributed by atoms with Gasteiger partial charge in [0.05, 0.1) is 17.1 Å². The maximum atomic E-state index is 13.3. The van der Waals surface area contributed by atoms with Crippen LogP contribution in [0.1, 0.15) is 36.1 Å². The van der Waals surface area contributed by atoms with Crippen LogP contribution in [0.25, 0.3) is 10.8 Å². The predicted octanol–water partition coefficient (Wildman–Crippen LogP) is 2.33. The Morgan fingerprint density at radius 2 is 1.69 bits per heavy atom. The molecule has 2 aromatic heterocycles. The maximum absolute atomic E-state index is 13.3. The van der Waals surface area contributed by atoms with Gasteiger partial charge in [0.1, 0.15) is 0 Å². The number of fused-ring (bicyclic) bond motifs is 1. The molecule has 150 valence electrons. The molecule has 7 nitrogen and oxygen atoms in total. The molecule has 0 radical (unpaired) electrons. The Labute approximate surface area is 169 Å². The van der Waals surface area contributed by atoms with Crippen molar-refractivity contribution < 1.29 is 4.79 Å². The van der Waals surface area contributed by atoms with E-state index in [4.69, 9.17) is 0 Å². The molecule has 0 bridgehead atoms. The zero-order valence-corrected chi connectivity index (χ0v) is 16.8. The van der Waals surface area contributed by atoms with Crippen molar-refractivity contribution in [3.63, 3.8) is 0 Å². The largest absolute Gasteiger partial charge is 0.335 e. The molecule has 0 atom stereocenters. The van der Waals surface area contributed by atoms with Crippen molar-refractivity contribution in [1.29, 1.82) is 0 Å². The molecule has 1 aliphatic rings. The van der Waals surface area contributed by atoms with Gasteiger partial charge in [0.25, 0.3) is 11.5 Å². The van der Waals surface area contributed by atoms with Gasteiger partial charge < -0.3 is 4.90 Å². The lowest BCUT2D eigenvalue weighted by Crippen LogP contribution is -2.48. The Balaban J connectivity index is 1.55. The average Bonchev–Trinajstić information content (AvgIpc) is 2.75. The SMILES string of the molecule is CC(C)n1nc(C(=O)N2CCN(Cc3ccccn3)CC2)c2ccccc2c1=O. The van der Waals surface area contributed by atoms with Crippen LogP contribution in [-0.4, -0.2) is 56.7 Å². The second-order valence-electron chi connectivity index (χ2n) is 7.63. The molecule has 3 heterocycles. The molecule has 29 heavy (non-hydrogen) atoms. The molecule has 0 N–H and O–H groups in total. The Hall–Kier alpha value is -3.06. The lowest BCUT2D eigenvalue weighted by molar-refractivity contribution is 0.0620. The van der Waals surface area contributed by atoms with Crippen LogP contribution >= 0.6 is 0 Å². The van der Waals surface area contributed by atoms with E-state index >= 15 is 0 Å². The van der Waals surface area contributed by atoms with E-state index in [2.05, 4.69) is 15.0 Å². The summed E-state index contributed by atoms with van der Waals surface area (Å²) in [5, 5.41) is 5.61. The number of aromatic nitrogens is 3. The van der Waals surface area contributed by atoms with E-state index in [1.54, 1.807) is 18.3 Å². The summed E-state index contributed by atoms with van der Waals surface area (Å²) in [6, 6.07) is 13.0. The van der Waals surface area contributed by atoms with Crippen molar-refractivity contribution in [1.82, 2.24) is 24.6 Å². The van der Waals surface area contributed by atoms with Crippen molar-refractivity contribution in [2.75, 3.05) is 26.2 Å². The van der Waals surface area contributed by atoms with Gasteiger partial charge in [-0.25, -0.2) is 4.68 Å². The van der Waals surface area contributed by atoms with Crippen molar-refractivity contribution in [3.8, 4) is 0 Å². The zero-order chi connectivity index (χ0) is 20.4. The molecule has 4 rings (SSSR count). The highest BCUT2D eigenvalue weighted by Gasteiger charge is 2.26. The standard InChI is InChI=1S/C22H25N5O2/c1-16(2)27-21(28)19-9-4-3-8-18(19)20(24-27)22(29)26-13-11-25(12-14-26)15-17-7-5-6-10-23-17/h3-10,16H,11-15H2,1-2H3. The van der Waals surface area contributed by atoms with Crippen LogP contribution in [0.3, 0.4) is 0 Å². The Bertz CT molecular complexity index is 1070. The topological polar surface area (TPSA) is 71.3 Å². The van der Waals surface area contributed by atoms with Gasteiger partial charge in [0, 0.05) is 44.3 Å². The average molecular weight is 391 g/mol. The van der Waals surface area contributed by atoms with Crippen LogP contribution in [0.2, 0.25) is 0 Å². The van der Waals surface area contributed by atoms with Crippen LogP contribution in [-0.2, 0) is 6.54 Å². The number of nitrogens with zero attached hydrogens (tertiary/aromatic N) is 5. The first kappa shape index (κ1) is 19.3. The lowest BCUT2D eigenvalue weighted by atomic mass is 10.1. The van der Waals surface area contributed by atoms with E-state index in [-0.39, 0.29) is 17.5 Å². The van der Waals surface area contributed by atoms with Gasteiger partial charge >= 0.3 is 0 Å². The summed E-state index contributed by atoms with van der Waals surface area (Å²) in [5.74, 6) is -0.118. The minimum atomic E-state index is -0.160. The predicted molar refractivity (Wildman–Crippen MR) is 112 cm³/mol. The first-order valence-electron chi connectivity index (χ1n) is 9.97. The number of hydrogen-bond acceptors (Lipinski definition) is 5. The molecular weight excluding hydrogens is 366 g/mol. The third-order valence-corrected chi connectivity index (χ3v) is 5.29. The first-order valence-corrected chi connectivity index (χ1v) is 9.97. The molecule has 7 heteroatoms. The fourth-order valence-electron chi connectivity index (χ4n) is 3.69. The summed E-state index contributed by atoms with van der Waals surface area (Å²) in [6.07, 6.45) is 1.80. The number of pyridine rings is 1. The fourth-order valence-corrected chi connectivity index (χ4v) is 3.69. The molecule has 3 aromatic rings. The van der Waals surface area contributed by atoms with E-state index < -0.39 is 0 Å². The number of piperazine rings is 1.